The lowest BCUT2D eigenvalue weighted by Gasteiger charge is -2.24. The molecule has 7 heteroatoms. The third-order valence-corrected chi connectivity index (χ3v) is 6.33. The van der Waals surface area contributed by atoms with Gasteiger partial charge in [-0.15, -0.1) is 11.3 Å². The van der Waals surface area contributed by atoms with E-state index < -0.39 is 11.8 Å². The molecule has 0 fully saturated rings. The summed E-state index contributed by atoms with van der Waals surface area (Å²) in [6.45, 7) is 0. The predicted octanol–water partition coefficient (Wildman–Crippen LogP) is 5.49. The molecule has 0 radical (unpaired) electrons. The Hall–Kier alpha value is -2.51. The molecule has 1 aliphatic rings. The lowest BCUT2D eigenvalue weighted by Crippen LogP contribution is -2.22. The normalized spacial score (nSPS) is 15.9. The summed E-state index contributed by atoms with van der Waals surface area (Å²) in [4.78, 5) is 25.2. The quantitative estimate of drug-likeness (QED) is 0.559. The largest absolute Gasteiger partial charge is 0.477 e. The number of fused-ring (bicyclic) bond motifs is 1. The number of carbonyl (C=O) groups excluding carboxylic acids is 1. The fourth-order valence-electron chi connectivity index (χ4n) is 3.29. The summed E-state index contributed by atoms with van der Waals surface area (Å²) in [7, 11) is 0. The van der Waals surface area contributed by atoms with Crippen molar-refractivity contribution in [2.75, 3.05) is 5.32 Å². The number of anilines is 1. The molecule has 1 amide bonds. The summed E-state index contributed by atoms with van der Waals surface area (Å²) in [5.41, 5.74) is 2.44. The monoisotopic (exact) mass is 445 g/mol. The fraction of sp³-hybridized carbons (Fsp3) is 0.100. The van der Waals surface area contributed by atoms with Crippen molar-refractivity contribution in [3.63, 3.8) is 0 Å². The molecule has 1 aliphatic heterocycles. The molecule has 0 unspecified atom stereocenters. The zero-order chi connectivity index (χ0) is 19.1. The van der Waals surface area contributed by atoms with Gasteiger partial charge in [0.1, 0.15) is 10.7 Å². The third kappa shape index (κ3) is 3.28. The number of amides is 1. The molecule has 3 aromatic rings. The second-order valence-electron chi connectivity index (χ2n) is 6.21. The van der Waals surface area contributed by atoms with Gasteiger partial charge in [-0.05, 0) is 35.4 Å². The van der Waals surface area contributed by atoms with Gasteiger partial charge in [0.05, 0.1) is 5.69 Å². The molecule has 1 atom stereocenters. The van der Waals surface area contributed by atoms with Crippen LogP contribution in [0.25, 0.3) is 11.1 Å². The number of halogens is 2. The molecule has 4 nitrogen and oxygen atoms in total. The Kier molecular flexibility index (Phi) is 4.57. The number of carbonyl (C=O) groups is 2. The summed E-state index contributed by atoms with van der Waals surface area (Å²) in [6.07, 6.45) is 0.247. The van der Waals surface area contributed by atoms with E-state index in [1.54, 1.807) is 0 Å². The number of carboxylic acids is 1. The first-order chi connectivity index (χ1) is 12.9. The van der Waals surface area contributed by atoms with E-state index in [9.17, 15) is 19.1 Å². The van der Waals surface area contributed by atoms with E-state index in [0.29, 0.717) is 16.8 Å². The number of benzene rings is 2. The molecule has 0 spiro atoms. The molecular weight excluding hydrogens is 433 g/mol. The van der Waals surface area contributed by atoms with Crippen molar-refractivity contribution in [2.24, 2.45) is 0 Å². The average molecular weight is 446 g/mol. The van der Waals surface area contributed by atoms with Crippen LogP contribution in [0.15, 0.2) is 53.0 Å². The van der Waals surface area contributed by atoms with Gasteiger partial charge in [-0.2, -0.15) is 0 Å². The van der Waals surface area contributed by atoms with Crippen LogP contribution in [-0.4, -0.2) is 17.0 Å². The molecule has 0 aliphatic carbocycles. The van der Waals surface area contributed by atoms with Crippen LogP contribution in [0.3, 0.4) is 0 Å². The molecule has 27 heavy (non-hydrogen) atoms. The Morgan fingerprint density at radius 1 is 1.15 bits per heavy atom. The topological polar surface area (TPSA) is 66.4 Å². The highest BCUT2D eigenvalue weighted by molar-refractivity contribution is 9.10. The van der Waals surface area contributed by atoms with E-state index in [0.717, 1.165) is 26.3 Å². The van der Waals surface area contributed by atoms with Crippen molar-refractivity contribution in [3.05, 3.63) is 74.1 Å². The van der Waals surface area contributed by atoms with Crippen LogP contribution in [-0.2, 0) is 4.79 Å². The van der Waals surface area contributed by atoms with Crippen molar-refractivity contribution < 1.29 is 19.1 Å². The van der Waals surface area contributed by atoms with Gasteiger partial charge in [-0.25, -0.2) is 9.18 Å². The number of nitrogens with one attached hydrogen (secondary N) is 1. The van der Waals surface area contributed by atoms with Crippen LogP contribution in [0, 0.1) is 5.82 Å². The van der Waals surface area contributed by atoms with Crippen molar-refractivity contribution in [1.82, 2.24) is 0 Å². The molecule has 2 heterocycles. The highest BCUT2D eigenvalue weighted by Crippen LogP contribution is 2.49. The summed E-state index contributed by atoms with van der Waals surface area (Å²) in [5.74, 6) is -1.87. The Balaban J connectivity index is 1.92. The number of carboxylic acid groups (broad SMARTS) is 1. The Bertz CT molecular complexity index is 1040. The molecule has 0 saturated heterocycles. The number of hydrogen-bond acceptors (Lipinski definition) is 3. The van der Waals surface area contributed by atoms with Crippen molar-refractivity contribution >= 4 is 44.8 Å². The van der Waals surface area contributed by atoms with Gasteiger partial charge in [-0.1, -0.05) is 40.2 Å². The summed E-state index contributed by atoms with van der Waals surface area (Å²) in [5, 5.41) is 12.5. The summed E-state index contributed by atoms with van der Waals surface area (Å²) < 4.78 is 14.2. The highest BCUT2D eigenvalue weighted by atomic mass is 79.9. The smallest absolute Gasteiger partial charge is 0.346 e. The van der Waals surface area contributed by atoms with Crippen molar-refractivity contribution in [2.45, 2.75) is 12.3 Å². The van der Waals surface area contributed by atoms with Crippen LogP contribution in [0.2, 0.25) is 0 Å². The number of thiophene rings is 1. The molecule has 0 saturated carbocycles. The summed E-state index contributed by atoms with van der Waals surface area (Å²) in [6, 6.07) is 13.3. The zero-order valence-corrected chi connectivity index (χ0v) is 16.2. The van der Waals surface area contributed by atoms with Crippen LogP contribution >= 0.6 is 27.3 Å². The van der Waals surface area contributed by atoms with Crippen LogP contribution in [0.5, 0.6) is 0 Å². The lowest BCUT2D eigenvalue weighted by atomic mass is 9.89. The average Bonchev–Trinajstić information content (AvgIpc) is 3.02. The standard InChI is InChI=1S/C20H13BrFNO3S/c21-12-5-1-10(2-6-12)14-9-15(24)23-17-16(11-3-7-13(22)8-4-11)19(20(25)26)27-18(14)17/h1-8,14H,9H2,(H,23,24)(H,25,26)/t14-/m0/s1. The predicted molar refractivity (Wildman–Crippen MR) is 106 cm³/mol. The number of rotatable bonds is 3. The zero-order valence-electron chi connectivity index (χ0n) is 13.8. The fourth-order valence-corrected chi connectivity index (χ4v) is 4.80. The van der Waals surface area contributed by atoms with Crippen molar-refractivity contribution in [1.29, 1.82) is 0 Å². The second kappa shape index (κ2) is 6.90. The maximum absolute atomic E-state index is 13.3. The van der Waals surface area contributed by atoms with Gasteiger partial charge in [0.25, 0.3) is 0 Å². The molecule has 2 aromatic carbocycles. The van der Waals surface area contributed by atoms with Gasteiger partial charge >= 0.3 is 5.97 Å². The van der Waals surface area contributed by atoms with E-state index in [4.69, 9.17) is 0 Å². The minimum atomic E-state index is -1.07. The van der Waals surface area contributed by atoms with Gasteiger partial charge < -0.3 is 10.4 Å². The van der Waals surface area contributed by atoms with E-state index in [2.05, 4.69) is 21.2 Å². The van der Waals surface area contributed by atoms with E-state index in [1.165, 1.54) is 24.3 Å². The summed E-state index contributed by atoms with van der Waals surface area (Å²) >= 11 is 4.56. The Labute approximate surface area is 166 Å². The maximum Gasteiger partial charge on any atom is 0.346 e. The minimum Gasteiger partial charge on any atom is -0.477 e. The lowest BCUT2D eigenvalue weighted by molar-refractivity contribution is -0.116. The molecule has 0 bridgehead atoms. The first-order valence-corrected chi connectivity index (χ1v) is 9.76. The van der Waals surface area contributed by atoms with E-state index >= 15 is 0 Å². The minimum absolute atomic E-state index is 0.135. The van der Waals surface area contributed by atoms with Gasteiger partial charge in [-0.3, -0.25) is 4.79 Å². The van der Waals surface area contributed by atoms with Gasteiger partial charge in [0.15, 0.2) is 0 Å². The molecule has 136 valence electrons. The van der Waals surface area contributed by atoms with Crippen LogP contribution in [0.4, 0.5) is 10.1 Å². The Morgan fingerprint density at radius 3 is 2.44 bits per heavy atom. The van der Waals surface area contributed by atoms with Gasteiger partial charge in [0.2, 0.25) is 5.91 Å². The first kappa shape index (κ1) is 17.9. The third-order valence-electron chi connectivity index (χ3n) is 4.51. The molecular formula is C20H13BrFNO3S. The van der Waals surface area contributed by atoms with Crippen molar-refractivity contribution in [3.8, 4) is 11.1 Å². The second-order valence-corrected chi connectivity index (χ2v) is 8.18. The van der Waals surface area contributed by atoms with Gasteiger partial charge in [0, 0.05) is 27.3 Å². The maximum atomic E-state index is 13.3. The molecule has 2 N–H and O–H groups in total. The molecule has 4 rings (SSSR count). The van der Waals surface area contributed by atoms with E-state index in [-0.39, 0.29) is 23.1 Å². The van der Waals surface area contributed by atoms with E-state index in [1.807, 2.05) is 24.3 Å². The Morgan fingerprint density at radius 2 is 1.81 bits per heavy atom. The van der Waals surface area contributed by atoms with Crippen LogP contribution in [0.1, 0.15) is 32.5 Å². The first-order valence-electron chi connectivity index (χ1n) is 8.15. The SMILES string of the molecule is O=C1C[C@@H](c2ccc(Br)cc2)c2sc(C(=O)O)c(-c3ccc(F)cc3)c2N1. The highest BCUT2D eigenvalue weighted by Gasteiger charge is 2.34. The van der Waals surface area contributed by atoms with Crippen LogP contribution < -0.4 is 5.32 Å². The number of aromatic carboxylic acids is 1. The molecule has 1 aromatic heterocycles. The number of hydrogen-bond donors (Lipinski definition) is 2.